The van der Waals surface area contributed by atoms with Gasteiger partial charge in [0.05, 0.1) is 19.8 Å². The zero-order chi connectivity index (χ0) is 13.5. The lowest BCUT2D eigenvalue weighted by Crippen LogP contribution is -2.06. The zero-order valence-electron chi connectivity index (χ0n) is 10.9. The topological polar surface area (TPSA) is 68.6 Å². The number of benzene rings is 1. The van der Waals surface area contributed by atoms with E-state index >= 15 is 0 Å². The monoisotopic (exact) mass is 252 g/mol. The van der Waals surface area contributed by atoms with Gasteiger partial charge in [-0.2, -0.15) is 0 Å². The Hall–Kier alpha value is -1.91. The highest BCUT2D eigenvalue weighted by molar-refractivity contribution is 5.93. The highest BCUT2D eigenvalue weighted by Crippen LogP contribution is 2.39. The second-order valence-corrected chi connectivity index (χ2v) is 3.43. The molecule has 5 nitrogen and oxygen atoms in total. The van der Waals surface area contributed by atoms with Crippen LogP contribution in [0.4, 0.5) is 0 Å². The minimum atomic E-state index is -0.778. The molecule has 0 aliphatic rings. The van der Waals surface area contributed by atoms with Gasteiger partial charge < -0.3 is 14.2 Å². The van der Waals surface area contributed by atoms with E-state index < -0.39 is 5.91 Å². The number of hydrogen-bond donors (Lipinski definition) is 0. The first-order valence-corrected chi connectivity index (χ1v) is 5.96. The molecule has 99 valence electrons. The predicted octanol–water partition coefficient (Wildman–Crippen LogP) is 2.31. The van der Waals surface area contributed by atoms with Gasteiger partial charge in [-0.3, -0.25) is 10.5 Å². The molecule has 1 radical (unpaired) electrons. The van der Waals surface area contributed by atoms with E-state index in [9.17, 15) is 4.79 Å². The molecule has 0 bridgehead atoms. The fourth-order valence-corrected chi connectivity index (χ4v) is 1.52. The molecule has 0 atom stereocenters. The number of carbonyl (C=O) groups is 1. The van der Waals surface area contributed by atoms with Crippen LogP contribution in [0.3, 0.4) is 0 Å². The molecule has 0 saturated carbocycles. The summed E-state index contributed by atoms with van der Waals surface area (Å²) < 4.78 is 16.3. The van der Waals surface area contributed by atoms with Crippen LogP contribution in [-0.2, 0) is 0 Å². The summed E-state index contributed by atoms with van der Waals surface area (Å²) in [6.07, 6.45) is 0. The fourth-order valence-electron chi connectivity index (χ4n) is 1.52. The Morgan fingerprint density at radius 1 is 1.00 bits per heavy atom. The van der Waals surface area contributed by atoms with Crippen LogP contribution in [0, 0.1) is 0 Å². The maximum Gasteiger partial charge on any atom is 0.269 e. The number of ether oxygens (including phenoxy) is 3. The molecular weight excluding hydrogens is 234 g/mol. The Morgan fingerprint density at radius 2 is 1.44 bits per heavy atom. The molecule has 1 aromatic rings. The van der Waals surface area contributed by atoms with Crippen LogP contribution in [0.5, 0.6) is 17.2 Å². The van der Waals surface area contributed by atoms with Crippen LogP contribution in [0.25, 0.3) is 0 Å². The number of nitrogens with one attached hydrogen (secondary N) is 1. The summed E-state index contributed by atoms with van der Waals surface area (Å²) in [5, 5.41) is 0. The van der Waals surface area contributed by atoms with E-state index in [4.69, 9.17) is 19.9 Å². The van der Waals surface area contributed by atoms with E-state index in [0.29, 0.717) is 37.1 Å². The molecule has 0 fully saturated rings. The summed E-state index contributed by atoms with van der Waals surface area (Å²) >= 11 is 0. The van der Waals surface area contributed by atoms with Crippen LogP contribution >= 0.6 is 0 Å². The van der Waals surface area contributed by atoms with Crippen molar-refractivity contribution in [3.05, 3.63) is 17.7 Å². The predicted molar refractivity (Wildman–Crippen MR) is 67.4 cm³/mol. The third-order valence-electron chi connectivity index (χ3n) is 2.17. The molecule has 0 unspecified atom stereocenters. The van der Waals surface area contributed by atoms with Crippen molar-refractivity contribution in [3.8, 4) is 17.2 Å². The number of carbonyl (C=O) groups excluding carboxylic acids is 1. The van der Waals surface area contributed by atoms with Gasteiger partial charge in [-0.25, -0.2) is 0 Å². The van der Waals surface area contributed by atoms with E-state index in [1.807, 2.05) is 20.8 Å². The largest absolute Gasteiger partial charge is 0.490 e. The molecule has 1 amide bonds. The van der Waals surface area contributed by atoms with Gasteiger partial charge in [0.2, 0.25) is 5.75 Å². The Morgan fingerprint density at radius 3 is 1.78 bits per heavy atom. The van der Waals surface area contributed by atoms with Crippen LogP contribution in [0.1, 0.15) is 31.1 Å². The summed E-state index contributed by atoms with van der Waals surface area (Å²) in [5.41, 5.74) is 7.39. The van der Waals surface area contributed by atoms with Gasteiger partial charge in [0.25, 0.3) is 5.91 Å². The second-order valence-electron chi connectivity index (χ2n) is 3.43. The highest BCUT2D eigenvalue weighted by Gasteiger charge is 2.17. The normalized spacial score (nSPS) is 9.94. The average Bonchev–Trinajstić information content (AvgIpc) is 2.33. The van der Waals surface area contributed by atoms with Crippen LogP contribution in [-0.4, -0.2) is 25.7 Å². The molecule has 0 spiro atoms. The second kappa shape index (κ2) is 6.74. The Kier molecular flexibility index (Phi) is 5.30. The fraction of sp³-hybridized carbons (Fsp3) is 0.462. The maximum absolute atomic E-state index is 11.1. The molecule has 5 heteroatoms. The highest BCUT2D eigenvalue weighted by atomic mass is 16.5. The Labute approximate surface area is 107 Å². The smallest absolute Gasteiger partial charge is 0.269 e. The summed E-state index contributed by atoms with van der Waals surface area (Å²) in [7, 11) is 0. The quantitative estimate of drug-likeness (QED) is 0.746. The third-order valence-corrected chi connectivity index (χ3v) is 2.17. The van der Waals surface area contributed by atoms with E-state index in [1.54, 1.807) is 0 Å². The standard InChI is InChI=1S/C13H18NO4/c1-4-16-10-7-9(13(14)15)8-11(17-5-2)12(10)18-6-3/h7-8,14H,4-6H2,1-3H3. The van der Waals surface area contributed by atoms with E-state index in [1.165, 1.54) is 12.1 Å². The Bertz CT molecular complexity index is 390. The van der Waals surface area contributed by atoms with Crippen molar-refractivity contribution in [2.45, 2.75) is 20.8 Å². The molecule has 0 saturated heterocycles. The molecule has 1 aromatic carbocycles. The first-order valence-electron chi connectivity index (χ1n) is 5.96. The van der Waals surface area contributed by atoms with Crippen LogP contribution in [0.15, 0.2) is 12.1 Å². The van der Waals surface area contributed by atoms with Gasteiger partial charge in [0.15, 0.2) is 11.5 Å². The molecule has 0 aliphatic carbocycles. The van der Waals surface area contributed by atoms with E-state index in [0.717, 1.165) is 0 Å². The van der Waals surface area contributed by atoms with Crippen molar-refractivity contribution in [2.24, 2.45) is 0 Å². The molecule has 18 heavy (non-hydrogen) atoms. The molecule has 0 aliphatic heterocycles. The molecule has 0 heterocycles. The van der Waals surface area contributed by atoms with E-state index in [-0.39, 0.29) is 5.56 Å². The lowest BCUT2D eigenvalue weighted by molar-refractivity contribution is 0.0991. The van der Waals surface area contributed by atoms with Crippen molar-refractivity contribution < 1.29 is 19.0 Å². The molecule has 1 N–H and O–H groups in total. The van der Waals surface area contributed by atoms with Gasteiger partial charge >= 0.3 is 0 Å². The van der Waals surface area contributed by atoms with Gasteiger partial charge in [0, 0.05) is 5.56 Å². The van der Waals surface area contributed by atoms with Gasteiger partial charge in [0.1, 0.15) is 0 Å². The zero-order valence-corrected chi connectivity index (χ0v) is 10.9. The SMILES string of the molecule is CCOc1cc(C([NH])=O)cc(OCC)c1OCC. The molecule has 1 rings (SSSR count). The van der Waals surface area contributed by atoms with Crippen molar-refractivity contribution in [1.82, 2.24) is 5.73 Å². The maximum atomic E-state index is 11.1. The van der Waals surface area contributed by atoms with E-state index in [2.05, 4.69) is 0 Å². The van der Waals surface area contributed by atoms with Gasteiger partial charge in [-0.05, 0) is 32.9 Å². The van der Waals surface area contributed by atoms with Gasteiger partial charge in [-0.15, -0.1) is 0 Å². The van der Waals surface area contributed by atoms with Crippen LogP contribution in [0.2, 0.25) is 0 Å². The minimum absolute atomic E-state index is 0.227. The first kappa shape index (κ1) is 14.2. The number of hydrogen-bond acceptors (Lipinski definition) is 4. The van der Waals surface area contributed by atoms with Crippen molar-refractivity contribution in [3.63, 3.8) is 0 Å². The lowest BCUT2D eigenvalue weighted by atomic mass is 10.1. The first-order chi connectivity index (χ1) is 8.63. The molecular formula is C13H18NO4. The van der Waals surface area contributed by atoms with Crippen molar-refractivity contribution in [1.29, 1.82) is 0 Å². The number of amides is 1. The van der Waals surface area contributed by atoms with Crippen molar-refractivity contribution in [2.75, 3.05) is 19.8 Å². The summed E-state index contributed by atoms with van der Waals surface area (Å²) in [4.78, 5) is 11.1. The summed E-state index contributed by atoms with van der Waals surface area (Å²) in [5.74, 6) is 0.563. The summed E-state index contributed by atoms with van der Waals surface area (Å²) in [6.45, 7) is 6.89. The lowest BCUT2D eigenvalue weighted by Gasteiger charge is -2.16. The van der Waals surface area contributed by atoms with Crippen molar-refractivity contribution >= 4 is 5.91 Å². The van der Waals surface area contributed by atoms with Crippen LogP contribution < -0.4 is 19.9 Å². The Balaban J connectivity index is 3.28. The molecule has 0 aromatic heterocycles. The third kappa shape index (κ3) is 3.29. The minimum Gasteiger partial charge on any atom is -0.490 e. The van der Waals surface area contributed by atoms with Gasteiger partial charge in [-0.1, -0.05) is 0 Å². The summed E-state index contributed by atoms with van der Waals surface area (Å²) in [6, 6.07) is 3.01. The average molecular weight is 252 g/mol. The number of rotatable bonds is 7.